The number of imidazole rings is 1. The topological polar surface area (TPSA) is 78.2 Å². The molecular formula is C21H26N4O3. The quantitative estimate of drug-likeness (QED) is 0.681. The van der Waals surface area contributed by atoms with E-state index in [2.05, 4.69) is 29.8 Å². The zero-order chi connectivity index (χ0) is 20.3. The highest BCUT2D eigenvalue weighted by Gasteiger charge is 2.13. The molecule has 0 atom stereocenters. The first-order valence-electron chi connectivity index (χ1n) is 9.38. The number of rotatable bonds is 7. The van der Waals surface area contributed by atoms with Gasteiger partial charge in [-0.1, -0.05) is 12.1 Å². The standard InChI is InChI=1S/C21H26N4O3/c1-14(2)25-17-8-6-5-7-16(17)23-20(25)9-10-22-21(27)13-24-12-19(28-4)18(26)11-15(24)3/h5-8,11-12,14H,9-10,13H2,1-4H3,(H,22,27). The lowest BCUT2D eigenvalue weighted by Crippen LogP contribution is -2.31. The van der Waals surface area contributed by atoms with Crippen LogP contribution in [-0.2, 0) is 17.8 Å². The van der Waals surface area contributed by atoms with Gasteiger partial charge in [-0.15, -0.1) is 0 Å². The Morgan fingerprint density at radius 2 is 2.04 bits per heavy atom. The number of aryl methyl sites for hydroxylation is 1. The van der Waals surface area contributed by atoms with Crippen LogP contribution < -0.4 is 15.5 Å². The molecule has 1 N–H and O–H groups in total. The van der Waals surface area contributed by atoms with Gasteiger partial charge in [-0.05, 0) is 32.9 Å². The summed E-state index contributed by atoms with van der Waals surface area (Å²) in [4.78, 5) is 28.8. The number of nitrogens with zero attached hydrogens (tertiary/aromatic N) is 3. The van der Waals surface area contributed by atoms with Crippen LogP contribution in [0.2, 0.25) is 0 Å². The second-order valence-corrected chi connectivity index (χ2v) is 7.06. The van der Waals surface area contributed by atoms with Crippen molar-refractivity contribution in [1.29, 1.82) is 0 Å². The number of pyridine rings is 1. The number of para-hydroxylation sites is 2. The predicted molar refractivity (Wildman–Crippen MR) is 109 cm³/mol. The molecular weight excluding hydrogens is 356 g/mol. The van der Waals surface area contributed by atoms with E-state index in [4.69, 9.17) is 9.72 Å². The van der Waals surface area contributed by atoms with Gasteiger partial charge in [-0.3, -0.25) is 9.59 Å². The first-order valence-corrected chi connectivity index (χ1v) is 9.38. The minimum atomic E-state index is -0.191. The molecule has 0 fully saturated rings. The first-order chi connectivity index (χ1) is 13.4. The third-order valence-corrected chi connectivity index (χ3v) is 4.70. The van der Waals surface area contributed by atoms with Crippen LogP contribution in [0.15, 0.2) is 41.3 Å². The van der Waals surface area contributed by atoms with Crippen molar-refractivity contribution in [3.8, 4) is 5.75 Å². The second-order valence-electron chi connectivity index (χ2n) is 7.06. The van der Waals surface area contributed by atoms with Crippen LogP contribution in [0.1, 0.15) is 31.4 Å². The van der Waals surface area contributed by atoms with E-state index in [-0.39, 0.29) is 29.7 Å². The largest absolute Gasteiger partial charge is 0.491 e. The van der Waals surface area contributed by atoms with Crippen LogP contribution in [0.5, 0.6) is 5.75 Å². The van der Waals surface area contributed by atoms with Crippen LogP contribution in [0.3, 0.4) is 0 Å². The van der Waals surface area contributed by atoms with E-state index >= 15 is 0 Å². The fourth-order valence-electron chi connectivity index (χ4n) is 3.35. The Labute approximate surface area is 164 Å². The molecule has 0 unspecified atom stereocenters. The number of aromatic nitrogens is 3. The van der Waals surface area contributed by atoms with E-state index in [1.165, 1.54) is 13.2 Å². The third-order valence-electron chi connectivity index (χ3n) is 4.70. The Bertz CT molecular complexity index is 1050. The molecule has 2 aromatic heterocycles. The molecule has 0 spiro atoms. The number of hydrogen-bond acceptors (Lipinski definition) is 4. The van der Waals surface area contributed by atoms with E-state index in [1.54, 1.807) is 17.7 Å². The summed E-state index contributed by atoms with van der Waals surface area (Å²) < 4.78 is 8.96. The molecule has 0 bridgehead atoms. The van der Waals surface area contributed by atoms with Crippen LogP contribution in [0.25, 0.3) is 11.0 Å². The summed E-state index contributed by atoms with van der Waals surface area (Å²) >= 11 is 0. The number of ether oxygens (including phenoxy) is 1. The van der Waals surface area contributed by atoms with Gasteiger partial charge in [-0.25, -0.2) is 4.98 Å². The first kappa shape index (κ1) is 19.7. The number of hydrogen-bond donors (Lipinski definition) is 1. The molecule has 148 valence electrons. The molecule has 3 aromatic rings. The van der Waals surface area contributed by atoms with Crippen molar-refractivity contribution >= 4 is 16.9 Å². The molecule has 0 aliphatic heterocycles. The van der Waals surface area contributed by atoms with E-state index in [0.29, 0.717) is 18.7 Å². The average molecular weight is 382 g/mol. The molecule has 1 aromatic carbocycles. The van der Waals surface area contributed by atoms with Gasteiger partial charge in [0.05, 0.1) is 24.3 Å². The SMILES string of the molecule is COc1cn(CC(=O)NCCc2nc3ccccc3n2C(C)C)c(C)cc1=O. The Hall–Kier alpha value is -3.09. The summed E-state index contributed by atoms with van der Waals surface area (Å²) in [6.07, 6.45) is 2.21. The maximum absolute atomic E-state index is 12.4. The Morgan fingerprint density at radius 3 is 2.75 bits per heavy atom. The number of nitrogens with one attached hydrogen (secondary N) is 1. The summed E-state index contributed by atoms with van der Waals surface area (Å²) in [5.74, 6) is 1.06. The molecule has 7 heteroatoms. The maximum atomic E-state index is 12.4. The Balaban J connectivity index is 1.66. The van der Waals surface area contributed by atoms with Crippen molar-refractivity contribution in [2.45, 2.75) is 39.8 Å². The van der Waals surface area contributed by atoms with Crippen molar-refractivity contribution in [2.24, 2.45) is 0 Å². The van der Waals surface area contributed by atoms with Crippen LogP contribution >= 0.6 is 0 Å². The zero-order valence-corrected chi connectivity index (χ0v) is 16.7. The smallest absolute Gasteiger partial charge is 0.239 e. The minimum Gasteiger partial charge on any atom is -0.491 e. The molecule has 7 nitrogen and oxygen atoms in total. The molecule has 0 saturated carbocycles. The highest BCUT2D eigenvalue weighted by molar-refractivity contribution is 5.77. The van der Waals surface area contributed by atoms with Crippen LogP contribution in [-0.4, -0.2) is 33.7 Å². The van der Waals surface area contributed by atoms with Gasteiger partial charge in [0.1, 0.15) is 12.4 Å². The highest BCUT2D eigenvalue weighted by atomic mass is 16.5. The number of carbonyl (C=O) groups excluding carboxylic acids is 1. The molecule has 28 heavy (non-hydrogen) atoms. The number of fused-ring (bicyclic) bond motifs is 1. The molecule has 0 aliphatic carbocycles. The summed E-state index contributed by atoms with van der Waals surface area (Å²) in [7, 11) is 1.44. The minimum absolute atomic E-state index is 0.124. The molecule has 1 amide bonds. The number of benzene rings is 1. The fourth-order valence-corrected chi connectivity index (χ4v) is 3.35. The maximum Gasteiger partial charge on any atom is 0.239 e. The van der Waals surface area contributed by atoms with Gasteiger partial charge in [0, 0.05) is 30.8 Å². The van der Waals surface area contributed by atoms with Gasteiger partial charge in [0.25, 0.3) is 0 Å². The lowest BCUT2D eigenvalue weighted by molar-refractivity contribution is -0.121. The lowest BCUT2D eigenvalue weighted by atomic mass is 10.3. The normalized spacial score (nSPS) is 11.2. The Kier molecular flexibility index (Phi) is 5.82. The summed E-state index contributed by atoms with van der Waals surface area (Å²) in [6, 6.07) is 9.81. The van der Waals surface area contributed by atoms with E-state index in [9.17, 15) is 9.59 Å². The van der Waals surface area contributed by atoms with Gasteiger partial charge < -0.3 is 19.2 Å². The molecule has 0 radical (unpaired) electrons. The van der Waals surface area contributed by atoms with Crippen molar-refractivity contribution in [2.75, 3.05) is 13.7 Å². The van der Waals surface area contributed by atoms with E-state index < -0.39 is 0 Å². The summed E-state index contributed by atoms with van der Waals surface area (Å²) in [6.45, 7) is 6.67. The lowest BCUT2D eigenvalue weighted by Gasteiger charge is -2.14. The summed E-state index contributed by atoms with van der Waals surface area (Å²) in [5, 5.41) is 2.94. The zero-order valence-electron chi connectivity index (χ0n) is 16.7. The predicted octanol–water partition coefficient (Wildman–Crippen LogP) is 2.45. The van der Waals surface area contributed by atoms with Crippen molar-refractivity contribution in [3.05, 3.63) is 58.3 Å². The third kappa shape index (κ3) is 4.08. The highest BCUT2D eigenvalue weighted by Crippen LogP contribution is 2.21. The molecule has 0 aliphatic rings. The van der Waals surface area contributed by atoms with Gasteiger partial charge in [-0.2, -0.15) is 0 Å². The van der Waals surface area contributed by atoms with Gasteiger partial charge in [0.15, 0.2) is 5.75 Å². The average Bonchev–Trinajstić information content (AvgIpc) is 3.02. The van der Waals surface area contributed by atoms with E-state index in [1.807, 2.05) is 18.2 Å². The molecule has 0 saturated heterocycles. The van der Waals surface area contributed by atoms with Crippen molar-refractivity contribution in [1.82, 2.24) is 19.4 Å². The molecule has 3 rings (SSSR count). The summed E-state index contributed by atoms with van der Waals surface area (Å²) in [5.41, 5.74) is 2.59. The fraction of sp³-hybridized carbons (Fsp3) is 0.381. The van der Waals surface area contributed by atoms with Crippen molar-refractivity contribution < 1.29 is 9.53 Å². The Morgan fingerprint density at radius 1 is 1.29 bits per heavy atom. The number of amides is 1. The van der Waals surface area contributed by atoms with Crippen molar-refractivity contribution in [3.63, 3.8) is 0 Å². The second kappa shape index (κ2) is 8.29. The van der Waals surface area contributed by atoms with Crippen LogP contribution in [0, 0.1) is 6.92 Å². The monoisotopic (exact) mass is 382 g/mol. The number of methoxy groups -OCH3 is 1. The number of carbonyl (C=O) groups is 1. The molecule has 2 heterocycles. The van der Waals surface area contributed by atoms with Gasteiger partial charge >= 0.3 is 0 Å². The van der Waals surface area contributed by atoms with Gasteiger partial charge in [0.2, 0.25) is 11.3 Å². The van der Waals surface area contributed by atoms with Crippen LogP contribution in [0.4, 0.5) is 0 Å². The van der Waals surface area contributed by atoms with E-state index in [0.717, 1.165) is 16.9 Å².